The molecule has 18 heavy (non-hydrogen) atoms. The third-order valence-electron chi connectivity index (χ3n) is 3.24. The summed E-state index contributed by atoms with van der Waals surface area (Å²) in [6.45, 7) is 0.522. The highest BCUT2D eigenvalue weighted by atomic mass is 35.5. The highest BCUT2D eigenvalue weighted by Gasteiger charge is 2.28. The van der Waals surface area contributed by atoms with E-state index in [1.165, 1.54) is 18.2 Å². The molecule has 1 aliphatic rings. The minimum atomic E-state index is -0.602. The molecule has 0 amide bonds. The van der Waals surface area contributed by atoms with Crippen LogP contribution >= 0.6 is 23.4 Å². The van der Waals surface area contributed by atoms with E-state index in [2.05, 4.69) is 15.3 Å². The average Bonchev–Trinajstić information content (AvgIpc) is 2.37. The number of hydrogen-bond acceptors (Lipinski definition) is 5. The number of rotatable bonds is 4. The maximum atomic E-state index is 10.4. The van der Waals surface area contributed by atoms with Crippen LogP contribution in [0.25, 0.3) is 0 Å². The number of thioether (sulfide) groups is 1. The van der Waals surface area contributed by atoms with Crippen molar-refractivity contribution in [2.75, 3.05) is 18.1 Å². The maximum Gasteiger partial charge on any atom is 0.190 e. The Morgan fingerprint density at radius 3 is 2.78 bits per heavy atom. The van der Waals surface area contributed by atoms with Gasteiger partial charge in [0.2, 0.25) is 0 Å². The number of halogens is 1. The first kappa shape index (κ1) is 13.9. The Hall–Kier alpha value is -0.520. The quantitative estimate of drug-likeness (QED) is 0.506. The van der Waals surface area contributed by atoms with Gasteiger partial charge in [-0.1, -0.05) is 42.6 Å². The van der Waals surface area contributed by atoms with Crippen LogP contribution in [0.2, 0.25) is 5.15 Å². The van der Waals surface area contributed by atoms with Crippen LogP contribution in [0, 0.1) is 0 Å². The van der Waals surface area contributed by atoms with Gasteiger partial charge in [0, 0.05) is 12.6 Å². The molecule has 0 radical (unpaired) electrons. The molecule has 1 fully saturated rings. The molecule has 1 saturated carbocycles. The fourth-order valence-corrected chi connectivity index (χ4v) is 2.83. The standard InChI is InChI=1S/C12H18ClN3OS/c1-18-11-15-9(13)7-10(16-11)14-8-12(17)5-3-2-4-6-12/h7,17H,2-6,8H2,1H3,(H,14,15,16). The van der Waals surface area contributed by atoms with Crippen molar-refractivity contribution in [1.82, 2.24) is 9.97 Å². The number of aliphatic hydroxyl groups is 1. The Labute approximate surface area is 117 Å². The van der Waals surface area contributed by atoms with Gasteiger partial charge in [-0.15, -0.1) is 0 Å². The van der Waals surface area contributed by atoms with Crippen molar-refractivity contribution in [1.29, 1.82) is 0 Å². The topological polar surface area (TPSA) is 58.0 Å². The van der Waals surface area contributed by atoms with E-state index in [0.717, 1.165) is 25.7 Å². The average molecular weight is 288 g/mol. The SMILES string of the molecule is CSc1nc(Cl)cc(NCC2(O)CCCCC2)n1. The van der Waals surface area contributed by atoms with Gasteiger partial charge in [-0.05, 0) is 19.1 Å². The van der Waals surface area contributed by atoms with Crippen LogP contribution in [-0.4, -0.2) is 33.5 Å². The van der Waals surface area contributed by atoms with Gasteiger partial charge in [0.15, 0.2) is 5.16 Å². The second-order valence-electron chi connectivity index (χ2n) is 4.70. The number of nitrogens with zero attached hydrogens (tertiary/aromatic N) is 2. The van der Waals surface area contributed by atoms with Gasteiger partial charge in [-0.2, -0.15) is 0 Å². The van der Waals surface area contributed by atoms with Gasteiger partial charge in [0.05, 0.1) is 5.60 Å². The van der Waals surface area contributed by atoms with Gasteiger partial charge in [0.25, 0.3) is 0 Å². The number of hydrogen-bond donors (Lipinski definition) is 2. The van der Waals surface area contributed by atoms with Crippen LogP contribution in [0.15, 0.2) is 11.2 Å². The second-order valence-corrected chi connectivity index (χ2v) is 5.86. The molecule has 0 aromatic carbocycles. The summed E-state index contributed by atoms with van der Waals surface area (Å²) in [5, 5.41) is 14.6. The molecule has 0 saturated heterocycles. The fraction of sp³-hybridized carbons (Fsp3) is 0.667. The van der Waals surface area contributed by atoms with E-state index >= 15 is 0 Å². The van der Waals surface area contributed by atoms with Gasteiger partial charge in [-0.25, -0.2) is 9.97 Å². The molecule has 4 nitrogen and oxygen atoms in total. The molecule has 6 heteroatoms. The number of aromatic nitrogens is 2. The van der Waals surface area contributed by atoms with Gasteiger partial charge in [0.1, 0.15) is 11.0 Å². The lowest BCUT2D eigenvalue weighted by atomic mass is 9.85. The van der Waals surface area contributed by atoms with E-state index in [4.69, 9.17) is 11.6 Å². The summed E-state index contributed by atoms with van der Waals surface area (Å²) in [7, 11) is 0. The molecule has 1 aliphatic carbocycles. The predicted molar refractivity (Wildman–Crippen MR) is 75.3 cm³/mol. The largest absolute Gasteiger partial charge is 0.388 e. The van der Waals surface area contributed by atoms with Gasteiger partial charge in [-0.3, -0.25) is 0 Å². The minimum absolute atomic E-state index is 0.424. The van der Waals surface area contributed by atoms with E-state index in [-0.39, 0.29) is 0 Å². The Kier molecular flexibility index (Phi) is 4.70. The first-order valence-electron chi connectivity index (χ1n) is 6.16. The van der Waals surface area contributed by atoms with Crippen LogP contribution in [0.5, 0.6) is 0 Å². The Morgan fingerprint density at radius 2 is 2.11 bits per heavy atom. The van der Waals surface area contributed by atoms with Crippen molar-refractivity contribution in [2.24, 2.45) is 0 Å². The predicted octanol–water partition coefficient (Wildman–Crippen LogP) is 2.96. The molecular formula is C12H18ClN3OS. The second kappa shape index (κ2) is 6.08. The molecule has 100 valence electrons. The minimum Gasteiger partial charge on any atom is -0.388 e. The lowest BCUT2D eigenvalue weighted by molar-refractivity contribution is 0.0166. The summed E-state index contributed by atoms with van der Waals surface area (Å²) in [6, 6.07) is 1.69. The van der Waals surface area contributed by atoms with Crippen molar-refractivity contribution < 1.29 is 5.11 Å². The van der Waals surface area contributed by atoms with Crippen LogP contribution in [-0.2, 0) is 0 Å². The zero-order chi connectivity index (χ0) is 13.0. The highest BCUT2D eigenvalue weighted by Crippen LogP contribution is 2.28. The highest BCUT2D eigenvalue weighted by molar-refractivity contribution is 7.98. The van der Waals surface area contributed by atoms with E-state index in [1.54, 1.807) is 6.07 Å². The maximum absolute atomic E-state index is 10.4. The summed E-state index contributed by atoms with van der Waals surface area (Å²) in [4.78, 5) is 8.39. The number of nitrogens with one attached hydrogen (secondary N) is 1. The molecule has 0 bridgehead atoms. The van der Waals surface area contributed by atoms with E-state index in [1.807, 2.05) is 6.26 Å². The van der Waals surface area contributed by atoms with Gasteiger partial charge >= 0.3 is 0 Å². The Balaban J connectivity index is 1.98. The van der Waals surface area contributed by atoms with E-state index in [9.17, 15) is 5.11 Å². The third-order valence-corrected chi connectivity index (χ3v) is 3.98. The summed E-state index contributed by atoms with van der Waals surface area (Å²) in [6.07, 6.45) is 7.03. The lowest BCUT2D eigenvalue weighted by Gasteiger charge is -2.32. The van der Waals surface area contributed by atoms with E-state index < -0.39 is 5.60 Å². The summed E-state index contributed by atoms with van der Waals surface area (Å²) in [5.41, 5.74) is -0.602. The molecule has 0 aliphatic heterocycles. The summed E-state index contributed by atoms with van der Waals surface area (Å²) < 4.78 is 0. The van der Waals surface area contributed by atoms with Crippen molar-refractivity contribution in [3.8, 4) is 0 Å². The molecule has 1 heterocycles. The first-order chi connectivity index (χ1) is 8.61. The lowest BCUT2D eigenvalue weighted by Crippen LogP contribution is -2.38. The normalized spacial score (nSPS) is 18.6. The molecule has 0 spiro atoms. The van der Waals surface area contributed by atoms with Crippen LogP contribution < -0.4 is 5.32 Å². The number of anilines is 1. The molecule has 2 N–H and O–H groups in total. The Bertz CT molecular complexity index is 410. The fourth-order valence-electron chi connectivity index (χ4n) is 2.22. The summed E-state index contributed by atoms with van der Waals surface area (Å²) >= 11 is 7.37. The van der Waals surface area contributed by atoms with Gasteiger partial charge < -0.3 is 10.4 Å². The van der Waals surface area contributed by atoms with Crippen LogP contribution in [0.3, 0.4) is 0 Å². The van der Waals surface area contributed by atoms with Crippen LogP contribution in [0.1, 0.15) is 32.1 Å². The monoisotopic (exact) mass is 287 g/mol. The molecular weight excluding hydrogens is 270 g/mol. The molecule has 1 aromatic rings. The molecule has 0 unspecified atom stereocenters. The first-order valence-corrected chi connectivity index (χ1v) is 7.76. The molecule has 2 rings (SSSR count). The van der Waals surface area contributed by atoms with Crippen LogP contribution in [0.4, 0.5) is 5.82 Å². The summed E-state index contributed by atoms with van der Waals surface area (Å²) in [5.74, 6) is 0.679. The molecule has 1 aromatic heterocycles. The third kappa shape index (κ3) is 3.73. The molecule has 0 atom stereocenters. The van der Waals surface area contributed by atoms with Crippen molar-refractivity contribution >= 4 is 29.2 Å². The van der Waals surface area contributed by atoms with E-state index in [0.29, 0.717) is 22.7 Å². The zero-order valence-corrected chi connectivity index (χ0v) is 12.0. The van der Waals surface area contributed by atoms with Crippen molar-refractivity contribution in [2.45, 2.75) is 42.9 Å². The zero-order valence-electron chi connectivity index (χ0n) is 10.4. The smallest absolute Gasteiger partial charge is 0.190 e. The van der Waals surface area contributed by atoms with Crippen molar-refractivity contribution in [3.05, 3.63) is 11.2 Å². The van der Waals surface area contributed by atoms with Crippen molar-refractivity contribution in [3.63, 3.8) is 0 Å². The Morgan fingerprint density at radius 1 is 1.39 bits per heavy atom.